The minimum atomic E-state index is -0.173. The summed E-state index contributed by atoms with van der Waals surface area (Å²) < 4.78 is 5.27. The number of nitrogens with two attached hydrogens (primary N) is 1. The number of methoxy groups -OCH3 is 1. The highest BCUT2D eigenvalue weighted by Gasteiger charge is 2.26. The number of aromatic amines is 1. The average molecular weight is 379 g/mol. The maximum Gasteiger partial charge on any atom is 0.155 e. The number of H-pyrrole nitrogens is 1. The fourth-order valence-corrected chi connectivity index (χ4v) is 3.65. The van der Waals surface area contributed by atoms with E-state index in [1.807, 2.05) is 30.6 Å². The molecule has 3 N–H and O–H groups in total. The molecule has 0 spiro atoms. The molecule has 4 rings (SSSR count). The van der Waals surface area contributed by atoms with E-state index >= 15 is 0 Å². The standard InChI is InChI=1S/C23H24N4O.3H2/c1-23(15-24,13-16-6-8-19(28-2)9-7-16)18-5-3-4-17(12-18)20-10-11-25-22-21(20)14-26-27-22;;;/h3-12,14H,13,15,24H2,1-2H3,(H,25,26,27);3*1H. The number of nitrogens with one attached hydrogen (secondary N) is 1. The van der Waals surface area contributed by atoms with E-state index in [0.29, 0.717) is 6.54 Å². The van der Waals surface area contributed by atoms with Crippen LogP contribution in [-0.2, 0) is 11.8 Å². The molecule has 5 heteroatoms. The van der Waals surface area contributed by atoms with E-state index < -0.39 is 0 Å². The van der Waals surface area contributed by atoms with Gasteiger partial charge in [0, 0.05) is 27.8 Å². The SMILES string of the molecule is COc1ccc(CC(C)(CN)c2cccc(-c3ccnc4[nH]ncc34)c2)cc1.[HH].[HH].[HH]. The number of nitrogens with zero attached hydrogens (tertiary/aromatic N) is 2. The molecule has 2 aromatic carbocycles. The zero-order chi connectivity index (χ0) is 19.6. The first-order valence-corrected chi connectivity index (χ1v) is 9.35. The molecular formula is C23H30N4O. The van der Waals surface area contributed by atoms with Crippen molar-refractivity contribution in [1.29, 1.82) is 0 Å². The van der Waals surface area contributed by atoms with Crippen LogP contribution in [0.4, 0.5) is 0 Å². The van der Waals surface area contributed by atoms with Gasteiger partial charge in [-0.25, -0.2) is 4.98 Å². The van der Waals surface area contributed by atoms with Gasteiger partial charge in [0.1, 0.15) is 5.75 Å². The van der Waals surface area contributed by atoms with Gasteiger partial charge in [-0.15, -0.1) is 0 Å². The molecule has 5 nitrogen and oxygen atoms in total. The van der Waals surface area contributed by atoms with E-state index in [9.17, 15) is 0 Å². The number of benzene rings is 2. The summed E-state index contributed by atoms with van der Waals surface area (Å²) in [5, 5.41) is 8.08. The van der Waals surface area contributed by atoms with Crippen molar-refractivity contribution in [2.24, 2.45) is 5.73 Å². The Morgan fingerprint density at radius 3 is 2.71 bits per heavy atom. The smallest absolute Gasteiger partial charge is 0.155 e. The summed E-state index contributed by atoms with van der Waals surface area (Å²) in [4.78, 5) is 4.34. The first-order chi connectivity index (χ1) is 13.6. The van der Waals surface area contributed by atoms with Crippen LogP contribution in [0, 0.1) is 0 Å². The topological polar surface area (TPSA) is 76.8 Å². The molecule has 2 aromatic heterocycles. The summed E-state index contributed by atoms with van der Waals surface area (Å²) >= 11 is 0. The van der Waals surface area contributed by atoms with E-state index in [1.165, 1.54) is 11.1 Å². The number of aromatic nitrogens is 3. The molecule has 0 aliphatic rings. The van der Waals surface area contributed by atoms with Crippen LogP contribution >= 0.6 is 0 Å². The quantitative estimate of drug-likeness (QED) is 0.504. The van der Waals surface area contributed by atoms with E-state index in [1.54, 1.807) is 7.11 Å². The molecule has 0 radical (unpaired) electrons. The van der Waals surface area contributed by atoms with Gasteiger partial charge in [-0.05, 0) is 46.9 Å². The summed E-state index contributed by atoms with van der Waals surface area (Å²) in [6.07, 6.45) is 4.49. The molecule has 4 aromatic rings. The largest absolute Gasteiger partial charge is 0.497 e. The summed E-state index contributed by atoms with van der Waals surface area (Å²) in [5.74, 6) is 0.863. The van der Waals surface area contributed by atoms with Gasteiger partial charge in [0.2, 0.25) is 0 Å². The predicted molar refractivity (Wildman–Crippen MR) is 119 cm³/mol. The van der Waals surface area contributed by atoms with Crippen molar-refractivity contribution in [1.82, 2.24) is 15.2 Å². The lowest BCUT2D eigenvalue weighted by Crippen LogP contribution is -2.34. The third kappa shape index (κ3) is 3.37. The van der Waals surface area contributed by atoms with Crippen LogP contribution in [0.1, 0.15) is 22.3 Å². The highest BCUT2D eigenvalue weighted by molar-refractivity contribution is 5.92. The van der Waals surface area contributed by atoms with Crippen molar-refractivity contribution in [3.63, 3.8) is 0 Å². The van der Waals surface area contributed by atoms with Gasteiger partial charge in [0.25, 0.3) is 0 Å². The van der Waals surface area contributed by atoms with Crippen LogP contribution in [0.3, 0.4) is 0 Å². The molecule has 0 bridgehead atoms. The van der Waals surface area contributed by atoms with E-state index in [-0.39, 0.29) is 9.69 Å². The number of hydrogen-bond acceptors (Lipinski definition) is 4. The molecule has 0 fully saturated rings. The molecule has 1 unspecified atom stereocenters. The van der Waals surface area contributed by atoms with Crippen LogP contribution in [0.2, 0.25) is 0 Å². The Balaban J connectivity index is 0.00000160. The Morgan fingerprint density at radius 1 is 1.14 bits per heavy atom. The summed E-state index contributed by atoms with van der Waals surface area (Å²) in [6, 6.07) is 18.8. The Labute approximate surface area is 169 Å². The minimum absolute atomic E-state index is 0. The molecule has 148 valence electrons. The van der Waals surface area contributed by atoms with Gasteiger partial charge in [-0.2, -0.15) is 5.10 Å². The van der Waals surface area contributed by atoms with Gasteiger partial charge < -0.3 is 10.5 Å². The lowest BCUT2D eigenvalue weighted by atomic mass is 9.76. The molecule has 0 amide bonds. The third-order valence-corrected chi connectivity index (χ3v) is 5.43. The minimum Gasteiger partial charge on any atom is -0.497 e. The van der Waals surface area contributed by atoms with Gasteiger partial charge in [0.05, 0.1) is 13.3 Å². The monoisotopic (exact) mass is 378 g/mol. The molecule has 0 saturated heterocycles. The molecule has 28 heavy (non-hydrogen) atoms. The number of fused-ring (bicyclic) bond motifs is 1. The molecule has 0 saturated carbocycles. The zero-order valence-corrected chi connectivity index (χ0v) is 16.1. The molecular weight excluding hydrogens is 348 g/mol. The first-order valence-electron chi connectivity index (χ1n) is 9.35. The summed E-state index contributed by atoms with van der Waals surface area (Å²) in [5.41, 5.74) is 11.6. The van der Waals surface area contributed by atoms with Gasteiger partial charge in [-0.3, -0.25) is 5.10 Å². The van der Waals surface area contributed by atoms with Crippen molar-refractivity contribution in [3.05, 3.63) is 78.1 Å². The molecule has 1 atom stereocenters. The average Bonchev–Trinajstić information content (AvgIpc) is 3.23. The van der Waals surface area contributed by atoms with E-state index in [2.05, 4.69) is 58.5 Å². The van der Waals surface area contributed by atoms with Crippen molar-refractivity contribution in [2.75, 3.05) is 13.7 Å². The Bertz CT molecular complexity index is 1100. The Kier molecular flexibility index (Phi) is 4.84. The molecule has 2 heterocycles. The van der Waals surface area contributed by atoms with Crippen LogP contribution in [0.5, 0.6) is 5.75 Å². The van der Waals surface area contributed by atoms with Crippen LogP contribution in [0.15, 0.2) is 67.0 Å². The Hall–Kier alpha value is -3.18. The number of ether oxygens (including phenoxy) is 1. The van der Waals surface area contributed by atoms with Gasteiger partial charge in [0.15, 0.2) is 5.65 Å². The normalized spacial score (nSPS) is 13.4. The molecule has 0 aliphatic carbocycles. The fraction of sp³-hybridized carbons (Fsp3) is 0.217. The van der Waals surface area contributed by atoms with Crippen molar-refractivity contribution in [3.8, 4) is 16.9 Å². The van der Waals surface area contributed by atoms with Crippen molar-refractivity contribution in [2.45, 2.75) is 18.8 Å². The highest BCUT2D eigenvalue weighted by atomic mass is 16.5. The second-order valence-electron chi connectivity index (χ2n) is 7.36. The van der Waals surface area contributed by atoms with Gasteiger partial charge in [-0.1, -0.05) is 43.3 Å². The lowest BCUT2D eigenvalue weighted by molar-refractivity contribution is 0.414. The Morgan fingerprint density at radius 2 is 1.96 bits per heavy atom. The van der Waals surface area contributed by atoms with Crippen molar-refractivity contribution < 1.29 is 9.02 Å². The fourth-order valence-electron chi connectivity index (χ4n) is 3.65. The predicted octanol–water partition coefficient (Wildman–Crippen LogP) is 4.83. The second kappa shape index (κ2) is 7.44. The maximum atomic E-state index is 6.26. The third-order valence-electron chi connectivity index (χ3n) is 5.43. The maximum absolute atomic E-state index is 6.26. The number of rotatable bonds is 6. The van der Waals surface area contributed by atoms with Crippen LogP contribution in [0.25, 0.3) is 22.2 Å². The van der Waals surface area contributed by atoms with Crippen LogP contribution < -0.4 is 10.5 Å². The van der Waals surface area contributed by atoms with Crippen LogP contribution in [-0.4, -0.2) is 28.8 Å². The van der Waals surface area contributed by atoms with Gasteiger partial charge >= 0.3 is 0 Å². The summed E-state index contributed by atoms with van der Waals surface area (Å²) in [6.45, 7) is 2.77. The van der Waals surface area contributed by atoms with E-state index in [0.717, 1.165) is 34.3 Å². The number of pyridine rings is 1. The second-order valence-corrected chi connectivity index (χ2v) is 7.36. The highest BCUT2D eigenvalue weighted by Crippen LogP contribution is 2.33. The van der Waals surface area contributed by atoms with Crippen molar-refractivity contribution >= 4 is 11.0 Å². The lowest BCUT2D eigenvalue weighted by Gasteiger charge is -2.29. The summed E-state index contributed by atoms with van der Waals surface area (Å²) in [7, 11) is 1.68. The molecule has 0 aliphatic heterocycles. The first kappa shape index (κ1) is 18.2. The zero-order valence-electron chi connectivity index (χ0n) is 16.1. The van der Waals surface area contributed by atoms with E-state index in [4.69, 9.17) is 10.5 Å². The number of hydrogen-bond donors (Lipinski definition) is 2.